The quantitative estimate of drug-likeness (QED) is 0.577. The summed E-state index contributed by atoms with van der Waals surface area (Å²) in [6.07, 6.45) is -1.45. The molecule has 0 aliphatic carbocycles. The van der Waals surface area contributed by atoms with Crippen LogP contribution in [0.25, 0.3) is 0 Å². The highest BCUT2D eigenvalue weighted by molar-refractivity contribution is 6.21. The average Bonchev–Trinajstić information content (AvgIpc) is 2.83. The lowest BCUT2D eigenvalue weighted by molar-refractivity contribution is -0.154. The highest BCUT2D eigenvalue weighted by atomic mass is 16.5. The zero-order valence-corrected chi connectivity index (χ0v) is 14.6. The third-order valence-electron chi connectivity index (χ3n) is 3.81. The number of carbonyl (C=O) groups excluding carboxylic acids is 5. The number of imide groups is 2. The standard InChI is InChI=1S/C17H19N3O6/c1-9-4-5-11-12(8-9)16(24)20(15(11)23)7-6-13(21)26-10(2)14(22)19-17(25)18-3/h4-5,8,10H,6-7H2,1-3H3,(H2,18,19,22,25). The van der Waals surface area contributed by atoms with Gasteiger partial charge in [0.05, 0.1) is 17.5 Å². The molecule has 1 aliphatic heterocycles. The Morgan fingerprint density at radius 1 is 1.15 bits per heavy atom. The lowest BCUT2D eigenvalue weighted by Crippen LogP contribution is -2.43. The summed E-state index contributed by atoms with van der Waals surface area (Å²) in [4.78, 5) is 60.1. The van der Waals surface area contributed by atoms with Gasteiger partial charge >= 0.3 is 12.0 Å². The van der Waals surface area contributed by atoms with Crippen LogP contribution in [0.1, 0.15) is 39.6 Å². The summed E-state index contributed by atoms with van der Waals surface area (Å²) in [7, 11) is 1.34. The number of nitrogens with zero attached hydrogens (tertiary/aromatic N) is 1. The van der Waals surface area contributed by atoms with Gasteiger partial charge in [0.2, 0.25) is 0 Å². The molecule has 0 saturated heterocycles. The van der Waals surface area contributed by atoms with Crippen molar-refractivity contribution >= 4 is 29.7 Å². The van der Waals surface area contributed by atoms with Gasteiger partial charge in [-0.15, -0.1) is 0 Å². The molecule has 0 aromatic heterocycles. The van der Waals surface area contributed by atoms with Gasteiger partial charge in [-0.3, -0.25) is 29.4 Å². The predicted octanol–water partition coefficient (Wildman–Crippen LogP) is 0.368. The first kappa shape index (κ1) is 19.1. The minimum Gasteiger partial charge on any atom is -0.452 e. The molecule has 138 valence electrons. The van der Waals surface area contributed by atoms with E-state index >= 15 is 0 Å². The lowest BCUT2D eigenvalue weighted by Gasteiger charge is -2.15. The second-order valence-electron chi connectivity index (χ2n) is 5.76. The van der Waals surface area contributed by atoms with E-state index in [1.54, 1.807) is 18.2 Å². The van der Waals surface area contributed by atoms with E-state index < -0.39 is 35.8 Å². The minimum absolute atomic E-state index is 0.159. The van der Waals surface area contributed by atoms with Crippen LogP contribution in [0.3, 0.4) is 0 Å². The summed E-state index contributed by atoms with van der Waals surface area (Å²) in [6, 6.07) is 4.21. The van der Waals surface area contributed by atoms with Crippen LogP contribution in [0.15, 0.2) is 18.2 Å². The first-order chi connectivity index (χ1) is 12.2. The topological polar surface area (TPSA) is 122 Å². The number of nitrogens with one attached hydrogen (secondary N) is 2. The Kier molecular flexibility index (Phi) is 5.71. The van der Waals surface area contributed by atoms with Crippen molar-refractivity contribution in [2.75, 3.05) is 13.6 Å². The normalized spacial score (nSPS) is 13.9. The average molecular weight is 361 g/mol. The van der Waals surface area contributed by atoms with Crippen LogP contribution >= 0.6 is 0 Å². The van der Waals surface area contributed by atoms with Gasteiger partial charge in [-0.1, -0.05) is 11.6 Å². The van der Waals surface area contributed by atoms with Gasteiger partial charge in [0, 0.05) is 13.6 Å². The van der Waals surface area contributed by atoms with Crippen LogP contribution in [0, 0.1) is 6.92 Å². The molecule has 0 spiro atoms. The highest BCUT2D eigenvalue weighted by Gasteiger charge is 2.35. The van der Waals surface area contributed by atoms with Crippen molar-refractivity contribution in [1.29, 1.82) is 0 Å². The molecule has 26 heavy (non-hydrogen) atoms. The van der Waals surface area contributed by atoms with Crippen LogP contribution < -0.4 is 10.6 Å². The summed E-state index contributed by atoms with van der Waals surface area (Å²) in [5, 5.41) is 4.17. The third kappa shape index (κ3) is 4.05. The van der Waals surface area contributed by atoms with Crippen molar-refractivity contribution in [3.8, 4) is 0 Å². The zero-order chi connectivity index (χ0) is 19.4. The van der Waals surface area contributed by atoms with Crippen LogP contribution in [-0.4, -0.2) is 54.3 Å². The SMILES string of the molecule is CNC(=O)NC(=O)C(C)OC(=O)CCN1C(=O)c2ccc(C)cc2C1=O. The van der Waals surface area contributed by atoms with Crippen molar-refractivity contribution < 1.29 is 28.7 Å². The summed E-state index contributed by atoms with van der Waals surface area (Å²) in [6.45, 7) is 2.96. The van der Waals surface area contributed by atoms with Gasteiger partial charge in [0.1, 0.15) is 0 Å². The molecule has 2 rings (SSSR count). The molecule has 0 bridgehead atoms. The van der Waals surface area contributed by atoms with E-state index in [0.717, 1.165) is 10.5 Å². The van der Waals surface area contributed by atoms with E-state index in [1.165, 1.54) is 14.0 Å². The number of carbonyl (C=O) groups is 5. The molecule has 9 nitrogen and oxygen atoms in total. The van der Waals surface area contributed by atoms with Crippen molar-refractivity contribution in [2.45, 2.75) is 26.4 Å². The van der Waals surface area contributed by atoms with Gasteiger partial charge < -0.3 is 10.1 Å². The molecule has 1 aromatic rings. The van der Waals surface area contributed by atoms with E-state index in [0.29, 0.717) is 11.1 Å². The van der Waals surface area contributed by atoms with Gasteiger partial charge in [-0.05, 0) is 26.0 Å². The Morgan fingerprint density at radius 3 is 2.46 bits per heavy atom. The fraction of sp³-hybridized carbons (Fsp3) is 0.353. The molecule has 5 amide bonds. The molecule has 1 atom stereocenters. The summed E-state index contributed by atoms with van der Waals surface area (Å²) < 4.78 is 4.90. The Hall–Kier alpha value is -3.23. The molecule has 1 heterocycles. The third-order valence-corrected chi connectivity index (χ3v) is 3.81. The molecule has 1 aliphatic rings. The molecular formula is C17H19N3O6. The number of ether oxygens (including phenoxy) is 1. The number of fused-ring (bicyclic) bond motifs is 1. The Balaban J connectivity index is 1.90. The molecule has 1 unspecified atom stereocenters. The Morgan fingerprint density at radius 2 is 1.81 bits per heavy atom. The lowest BCUT2D eigenvalue weighted by atomic mass is 10.1. The second-order valence-corrected chi connectivity index (χ2v) is 5.76. The van der Waals surface area contributed by atoms with Crippen LogP contribution in [0.4, 0.5) is 4.79 Å². The highest BCUT2D eigenvalue weighted by Crippen LogP contribution is 2.24. The molecule has 0 saturated carbocycles. The van der Waals surface area contributed by atoms with Crippen molar-refractivity contribution in [2.24, 2.45) is 0 Å². The summed E-state index contributed by atoms with van der Waals surface area (Å²) >= 11 is 0. The number of amides is 5. The van der Waals surface area contributed by atoms with Gasteiger partial charge in [0.25, 0.3) is 17.7 Å². The van der Waals surface area contributed by atoms with E-state index in [2.05, 4.69) is 5.32 Å². The number of aryl methyl sites for hydroxylation is 1. The molecule has 0 radical (unpaired) electrons. The molecular weight excluding hydrogens is 342 g/mol. The monoisotopic (exact) mass is 361 g/mol. The van der Waals surface area contributed by atoms with Gasteiger partial charge in [-0.25, -0.2) is 4.79 Å². The summed E-state index contributed by atoms with van der Waals surface area (Å²) in [5.41, 5.74) is 1.45. The van der Waals surface area contributed by atoms with Crippen LogP contribution in [0.5, 0.6) is 0 Å². The van der Waals surface area contributed by atoms with E-state index in [4.69, 9.17) is 4.74 Å². The smallest absolute Gasteiger partial charge is 0.321 e. The first-order valence-electron chi connectivity index (χ1n) is 7.93. The molecule has 0 fully saturated rings. The summed E-state index contributed by atoms with van der Waals surface area (Å²) in [5.74, 6) is -2.48. The maximum atomic E-state index is 12.3. The molecule has 9 heteroatoms. The Labute approximate surface area is 149 Å². The maximum Gasteiger partial charge on any atom is 0.321 e. The van der Waals surface area contributed by atoms with Crippen LogP contribution in [0.2, 0.25) is 0 Å². The van der Waals surface area contributed by atoms with Crippen LogP contribution in [-0.2, 0) is 14.3 Å². The van der Waals surface area contributed by atoms with Crippen molar-refractivity contribution in [3.63, 3.8) is 0 Å². The van der Waals surface area contributed by atoms with E-state index in [9.17, 15) is 24.0 Å². The van der Waals surface area contributed by atoms with Gasteiger partial charge in [-0.2, -0.15) is 0 Å². The Bertz CT molecular complexity index is 789. The molecule has 2 N–H and O–H groups in total. The predicted molar refractivity (Wildman–Crippen MR) is 89.3 cm³/mol. The van der Waals surface area contributed by atoms with E-state index in [1.807, 2.05) is 12.2 Å². The number of esters is 1. The number of hydrogen-bond acceptors (Lipinski definition) is 6. The number of benzene rings is 1. The van der Waals surface area contributed by atoms with E-state index in [-0.39, 0.29) is 13.0 Å². The van der Waals surface area contributed by atoms with Gasteiger partial charge in [0.15, 0.2) is 6.10 Å². The van der Waals surface area contributed by atoms with Crippen molar-refractivity contribution in [3.05, 3.63) is 34.9 Å². The maximum absolute atomic E-state index is 12.3. The second kappa shape index (κ2) is 7.77. The van der Waals surface area contributed by atoms with Crippen molar-refractivity contribution in [1.82, 2.24) is 15.5 Å². The largest absolute Gasteiger partial charge is 0.452 e. The minimum atomic E-state index is -1.19. The number of hydrogen-bond donors (Lipinski definition) is 2. The fourth-order valence-electron chi connectivity index (χ4n) is 2.40. The fourth-order valence-corrected chi connectivity index (χ4v) is 2.40. The first-order valence-corrected chi connectivity index (χ1v) is 7.93. The zero-order valence-electron chi connectivity index (χ0n) is 14.6. The number of rotatable bonds is 5. The number of urea groups is 1. The molecule has 1 aromatic carbocycles.